The van der Waals surface area contributed by atoms with Gasteiger partial charge in [-0.1, -0.05) is 12.1 Å². The minimum absolute atomic E-state index is 0.00141. The lowest BCUT2D eigenvalue weighted by atomic mass is 10.1. The SMILES string of the molecule is COC(=O)C1(NC(=O)C[C@@H]2CCC(=O)N2Cc2cccc(F)c2F)CC1. The summed E-state index contributed by atoms with van der Waals surface area (Å²) in [6.45, 7) is -0.0947. The van der Waals surface area contributed by atoms with E-state index in [1.165, 1.54) is 24.1 Å². The maximum Gasteiger partial charge on any atom is 0.331 e. The molecule has 26 heavy (non-hydrogen) atoms. The minimum atomic E-state index is -0.988. The molecule has 1 aromatic rings. The summed E-state index contributed by atoms with van der Waals surface area (Å²) in [5.74, 6) is -3.01. The van der Waals surface area contributed by atoms with Crippen molar-refractivity contribution in [2.75, 3.05) is 7.11 Å². The van der Waals surface area contributed by atoms with Gasteiger partial charge in [-0.2, -0.15) is 0 Å². The number of nitrogens with one attached hydrogen (secondary N) is 1. The maximum absolute atomic E-state index is 13.9. The Morgan fingerprint density at radius 3 is 2.73 bits per heavy atom. The third-order valence-corrected chi connectivity index (χ3v) is 4.95. The van der Waals surface area contributed by atoms with E-state index >= 15 is 0 Å². The van der Waals surface area contributed by atoms with Crippen molar-refractivity contribution >= 4 is 17.8 Å². The van der Waals surface area contributed by atoms with E-state index in [2.05, 4.69) is 5.32 Å². The van der Waals surface area contributed by atoms with Crippen LogP contribution in [0.5, 0.6) is 0 Å². The third-order valence-electron chi connectivity index (χ3n) is 4.95. The molecule has 6 nitrogen and oxygen atoms in total. The highest BCUT2D eigenvalue weighted by Crippen LogP contribution is 2.37. The van der Waals surface area contributed by atoms with E-state index in [0.29, 0.717) is 19.3 Å². The Morgan fingerprint density at radius 1 is 1.35 bits per heavy atom. The van der Waals surface area contributed by atoms with E-state index in [4.69, 9.17) is 4.74 Å². The molecule has 0 aromatic heterocycles. The normalized spacial score (nSPS) is 20.8. The van der Waals surface area contributed by atoms with E-state index in [-0.39, 0.29) is 36.8 Å². The zero-order chi connectivity index (χ0) is 18.9. The number of likely N-dealkylation sites (tertiary alicyclic amines) is 1. The van der Waals surface area contributed by atoms with Gasteiger partial charge in [-0.15, -0.1) is 0 Å². The molecular formula is C18H20F2N2O4. The van der Waals surface area contributed by atoms with E-state index in [0.717, 1.165) is 6.07 Å². The highest BCUT2D eigenvalue weighted by Gasteiger charge is 2.52. The van der Waals surface area contributed by atoms with Gasteiger partial charge in [0, 0.05) is 31.0 Å². The number of methoxy groups -OCH3 is 1. The summed E-state index contributed by atoms with van der Waals surface area (Å²) in [6.07, 6.45) is 1.74. The fourth-order valence-corrected chi connectivity index (χ4v) is 3.31. The molecule has 1 aliphatic heterocycles. The summed E-state index contributed by atoms with van der Waals surface area (Å²) in [5, 5.41) is 2.68. The first-order chi connectivity index (χ1) is 12.4. The number of ether oxygens (including phenoxy) is 1. The molecule has 3 rings (SSSR count). The van der Waals surface area contributed by atoms with Crippen LogP contribution in [0, 0.1) is 11.6 Å². The molecule has 1 atom stereocenters. The second-order valence-corrected chi connectivity index (χ2v) is 6.75. The monoisotopic (exact) mass is 366 g/mol. The van der Waals surface area contributed by atoms with Gasteiger partial charge in [-0.25, -0.2) is 13.6 Å². The maximum atomic E-state index is 13.9. The lowest BCUT2D eigenvalue weighted by Gasteiger charge is -2.25. The fourth-order valence-electron chi connectivity index (χ4n) is 3.31. The highest BCUT2D eigenvalue weighted by atomic mass is 19.2. The molecule has 1 aliphatic carbocycles. The zero-order valence-corrected chi connectivity index (χ0v) is 14.4. The number of carbonyl (C=O) groups is 3. The molecule has 0 unspecified atom stereocenters. The average Bonchev–Trinajstić information content (AvgIpc) is 3.32. The summed E-state index contributed by atoms with van der Waals surface area (Å²) in [5.41, 5.74) is -0.882. The number of benzene rings is 1. The van der Waals surface area contributed by atoms with Crippen molar-refractivity contribution in [3.05, 3.63) is 35.4 Å². The molecule has 1 saturated carbocycles. The molecule has 0 bridgehead atoms. The Morgan fingerprint density at radius 2 is 2.08 bits per heavy atom. The van der Waals surface area contributed by atoms with Gasteiger partial charge < -0.3 is 15.0 Å². The van der Waals surface area contributed by atoms with Gasteiger partial charge in [0.1, 0.15) is 5.54 Å². The van der Waals surface area contributed by atoms with Crippen LogP contribution in [-0.4, -0.2) is 41.4 Å². The van der Waals surface area contributed by atoms with Gasteiger partial charge in [0.05, 0.1) is 7.11 Å². The van der Waals surface area contributed by atoms with Crippen molar-refractivity contribution in [1.29, 1.82) is 0 Å². The summed E-state index contributed by atoms with van der Waals surface area (Å²) in [7, 11) is 1.26. The number of halogens is 2. The highest BCUT2D eigenvalue weighted by molar-refractivity contribution is 5.91. The number of nitrogens with zero attached hydrogens (tertiary/aromatic N) is 1. The zero-order valence-electron chi connectivity index (χ0n) is 14.4. The van der Waals surface area contributed by atoms with Gasteiger partial charge in [-0.05, 0) is 25.3 Å². The lowest BCUT2D eigenvalue weighted by molar-refractivity contribution is -0.146. The summed E-state index contributed by atoms with van der Waals surface area (Å²) < 4.78 is 32.0. The number of rotatable bonds is 6. The van der Waals surface area contributed by atoms with E-state index in [9.17, 15) is 23.2 Å². The number of carbonyl (C=O) groups excluding carboxylic acids is 3. The molecule has 1 N–H and O–H groups in total. The topological polar surface area (TPSA) is 75.7 Å². The molecule has 1 aromatic carbocycles. The number of hydrogen-bond donors (Lipinski definition) is 1. The lowest BCUT2D eigenvalue weighted by Crippen LogP contribution is -2.46. The molecule has 1 heterocycles. The molecule has 2 amide bonds. The predicted octanol–water partition coefficient (Wildman–Crippen LogP) is 1.67. The van der Waals surface area contributed by atoms with Gasteiger partial charge in [0.25, 0.3) is 0 Å². The van der Waals surface area contributed by atoms with Gasteiger partial charge in [0.2, 0.25) is 11.8 Å². The molecule has 0 radical (unpaired) electrons. The van der Waals surface area contributed by atoms with Crippen molar-refractivity contribution in [2.24, 2.45) is 0 Å². The molecule has 8 heteroatoms. The average molecular weight is 366 g/mol. The third kappa shape index (κ3) is 3.54. The first-order valence-corrected chi connectivity index (χ1v) is 8.48. The Labute approximate surface area is 149 Å². The van der Waals surface area contributed by atoms with Crippen LogP contribution in [-0.2, 0) is 25.7 Å². The Hall–Kier alpha value is -2.51. The summed E-state index contributed by atoms with van der Waals surface area (Å²) >= 11 is 0. The number of amides is 2. The van der Waals surface area contributed by atoms with Crippen LogP contribution >= 0.6 is 0 Å². The fraction of sp³-hybridized carbons (Fsp3) is 0.500. The summed E-state index contributed by atoms with van der Waals surface area (Å²) in [6, 6.07) is 3.39. The number of hydrogen-bond acceptors (Lipinski definition) is 4. The largest absolute Gasteiger partial charge is 0.467 e. The number of esters is 1. The standard InChI is InChI=1S/C18H20F2N2O4/c1-26-17(25)18(7-8-18)21-14(23)9-12-5-6-15(24)22(12)10-11-3-2-4-13(19)16(11)20/h2-4,12H,5-10H2,1H3,(H,21,23)/t12-/m0/s1. The Kier molecular flexibility index (Phi) is 4.93. The molecule has 140 valence electrons. The summed E-state index contributed by atoms with van der Waals surface area (Å²) in [4.78, 5) is 37.5. The van der Waals surface area contributed by atoms with Crippen molar-refractivity contribution in [2.45, 2.75) is 50.2 Å². The van der Waals surface area contributed by atoms with Crippen LogP contribution in [0.15, 0.2) is 18.2 Å². The van der Waals surface area contributed by atoms with Crippen LogP contribution in [0.1, 0.15) is 37.7 Å². The molecular weight excluding hydrogens is 346 g/mol. The molecule has 0 spiro atoms. The molecule has 2 fully saturated rings. The predicted molar refractivity (Wildman–Crippen MR) is 86.7 cm³/mol. The first-order valence-electron chi connectivity index (χ1n) is 8.48. The van der Waals surface area contributed by atoms with E-state index in [1.54, 1.807) is 0 Å². The van der Waals surface area contributed by atoms with Crippen LogP contribution < -0.4 is 5.32 Å². The quantitative estimate of drug-likeness (QED) is 0.777. The first kappa shape index (κ1) is 18.3. The van der Waals surface area contributed by atoms with Gasteiger partial charge >= 0.3 is 5.97 Å². The molecule has 1 saturated heterocycles. The Balaban J connectivity index is 1.65. The van der Waals surface area contributed by atoms with E-state index < -0.39 is 29.2 Å². The second-order valence-electron chi connectivity index (χ2n) is 6.75. The van der Waals surface area contributed by atoms with Crippen molar-refractivity contribution in [3.63, 3.8) is 0 Å². The van der Waals surface area contributed by atoms with Crippen LogP contribution in [0.25, 0.3) is 0 Å². The van der Waals surface area contributed by atoms with Crippen LogP contribution in [0.2, 0.25) is 0 Å². The van der Waals surface area contributed by atoms with Gasteiger partial charge in [0.15, 0.2) is 11.6 Å². The second kappa shape index (κ2) is 7.01. The Bertz CT molecular complexity index is 749. The molecule has 2 aliphatic rings. The van der Waals surface area contributed by atoms with E-state index in [1.807, 2.05) is 0 Å². The van der Waals surface area contributed by atoms with Crippen molar-refractivity contribution in [3.8, 4) is 0 Å². The van der Waals surface area contributed by atoms with Crippen LogP contribution in [0.3, 0.4) is 0 Å². The van der Waals surface area contributed by atoms with Crippen molar-refractivity contribution < 1.29 is 27.9 Å². The smallest absolute Gasteiger partial charge is 0.331 e. The van der Waals surface area contributed by atoms with Gasteiger partial charge in [-0.3, -0.25) is 9.59 Å². The van der Waals surface area contributed by atoms with Crippen LogP contribution in [0.4, 0.5) is 8.78 Å². The van der Waals surface area contributed by atoms with Crippen molar-refractivity contribution in [1.82, 2.24) is 10.2 Å². The minimum Gasteiger partial charge on any atom is -0.467 e.